The Morgan fingerprint density at radius 3 is 2.17 bits per heavy atom. The Bertz CT molecular complexity index is 464. The number of ether oxygens (including phenoxy) is 1. The number of methoxy groups -OCH3 is 1. The molecule has 0 spiro atoms. The maximum atomic E-state index is 13.3. The van der Waals surface area contributed by atoms with E-state index in [2.05, 4.69) is 0 Å². The molecular weight excluding hydrogens is 252 g/mol. The molecule has 1 aromatic carbocycles. The van der Waals surface area contributed by atoms with Crippen LogP contribution in [-0.2, 0) is 10.9 Å². The molecule has 1 aromatic rings. The summed E-state index contributed by atoms with van der Waals surface area (Å²) in [6, 6.07) is 2.06. The highest BCUT2D eigenvalue weighted by molar-refractivity contribution is 6.02. The molecule has 0 radical (unpaired) electrons. The lowest BCUT2D eigenvalue weighted by Crippen LogP contribution is -2.33. The normalized spacial score (nSPS) is 12.6. The van der Waals surface area contributed by atoms with E-state index in [0.717, 1.165) is 6.07 Å². The maximum absolute atomic E-state index is 13.3. The predicted octanol–water partition coefficient (Wildman–Crippen LogP) is 3.45. The number of Topliss-reactive ketones (excluding diaryl/α,β-unsaturated/α-hetero) is 1. The monoisotopic (exact) mass is 264 g/mol. The summed E-state index contributed by atoms with van der Waals surface area (Å²) in [7, 11) is 1.29. The van der Waals surface area contributed by atoms with Crippen LogP contribution in [0.4, 0.5) is 17.6 Å². The molecule has 2 nitrogen and oxygen atoms in total. The van der Waals surface area contributed by atoms with Gasteiger partial charge in [0.25, 0.3) is 0 Å². The van der Waals surface area contributed by atoms with Crippen LogP contribution in [0.3, 0.4) is 0 Å². The molecule has 0 aliphatic heterocycles. The first-order valence-corrected chi connectivity index (χ1v) is 5.06. The Morgan fingerprint density at radius 1 is 1.22 bits per heavy atom. The molecule has 0 bridgehead atoms. The van der Waals surface area contributed by atoms with Crippen LogP contribution in [0.5, 0.6) is 0 Å². The van der Waals surface area contributed by atoms with Gasteiger partial charge in [0, 0.05) is 12.7 Å². The molecular formula is C12H12F4O2. The lowest BCUT2D eigenvalue weighted by Gasteiger charge is -2.21. The van der Waals surface area contributed by atoms with Crippen molar-refractivity contribution < 1.29 is 27.1 Å². The van der Waals surface area contributed by atoms with Crippen molar-refractivity contribution in [1.29, 1.82) is 0 Å². The molecule has 0 saturated heterocycles. The summed E-state index contributed by atoms with van der Waals surface area (Å²) >= 11 is 0. The third-order valence-corrected chi connectivity index (χ3v) is 2.59. The lowest BCUT2D eigenvalue weighted by molar-refractivity contribution is -0.140. The second-order valence-electron chi connectivity index (χ2n) is 4.24. The topological polar surface area (TPSA) is 26.3 Å². The minimum absolute atomic E-state index is 0.160. The van der Waals surface area contributed by atoms with E-state index in [1.807, 2.05) is 0 Å². The van der Waals surface area contributed by atoms with E-state index in [1.54, 1.807) is 0 Å². The van der Waals surface area contributed by atoms with Gasteiger partial charge in [0.15, 0.2) is 5.78 Å². The van der Waals surface area contributed by atoms with E-state index in [-0.39, 0.29) is 5.56 Å². The van der Waals surface area contributed by atoms with Crippen molar-refractivity contribution in [3.8, 4) is 0 Å². The van der Waals surface area contributed by atoms with E-state index in [1.165, 1.54) is 21.0 Å². The van der Waals surface area contributed by atoms with E-state index in [0.29, 0.717) is 12.1 Å². The Balaban J connectivity index is 3.17. The third kappa shape index (κ3) is 2.87. The Morgan fingerprint density at radius 2 is 1.78 bits per heavy atom. The predicted molar refractivity (Wildman–Crippen MR) is 56.8 cm³/mol. The fourth-order valence-corrected chi connectivity index (χ4v) is 1.33. The van der Waals surface area contributed by atoms with Gasteiger partial charge in [-0.2, -0.15) is 13.2 Å². The Hall–Kier alpha value is -1.43. The van der Waals surface area contributed by atoms with Crippen molar-refractivity contribution >= 4 is 5.78 Å². The Labute approximate surface area is 102 Å². The molecule has 0 unspecified atom stereocenters. The largest absolute Gasteiger partial charge is 0.419 e. The van der Waals surface area contributed by atoms with Crippen molar-refractivity contribution in [2.75, 3.05) is 7.11 Å². The van der Waals surface area contributed by atoms with Crippen molar-refractivity contribution in [2.24, 2.45) is 0 Å². The second-order valence-corrected chi connectivity index (χ2v) is 4.24. The fraction of sp³-hybridized carbons (Fsp3) is 0.417. The maximum Gasteiger partial charge on any atom is 0.419 e. The minimum Gasteiger partial charge on any atom is -0.371 e. The van der Waals surface area contributed by atoms with Gasteiger partial charge in [0.05, 0.1) is 5.56 Å². The number of carbonyl (C=O) groups is 1. The number of benzene rings is 1. The van der Waals surface area contributed by atoms with Crippen LogP contribution in [0, 0.1) is 5.82 Å². The highest BCUT2D eigenvalue weighted by Gasteiger charge is 2.35. The first-order chi connectivity index (χ1) is 8.09. The lowest BCUT2D eigenvalue weighted by atomic mass is 9.95. The van der Waals surface area contributed by atoms with Crippen LogP contribution in [0.2, 0.25) is 0 Å². The molecule has 0 amide bonds. The van der Waals surface area contributed by atoms with Crippen molar-refractivity contribution in [3.63, 3.8) is 0 Å². The van der Waals surface area contributed by atoms with E-state index >= 15 is 0 Å². The number of alkyl halides is 3. The minimum atomic E-state index is -4.78. The number of hydrogen-bond acceptors (Lipinski definition) is 2. The van der Waals surface area contributed by atoms with Gasteiger partial charge in [-0.25, -0.2) is 4.39 Å². The molecule has 0 fully saturated rings. The van der Waals surface area contributed by atoms with Crippen molar-refractivity contribution in [1.82, 2.24) is 0 Å². The average molecular weight is 264 g/mol. The molecule has 0 saturated carbocycles. The number of carbonyl (C=O) groups excluding carboxylic acids is 1. The summed E-state index contributed by atoms with van der Waals surface area (Å²) in [4.78, 5) is 11.8. The van der Waals surface area contributed by atoms with Gasteiger partial charge in [-0.1, -0.05) is 6.07 Å². The number of rotatable bonds is 3. The first kappa shape index (κ1) is 14.6. The van der Waals surface area contributed by atoms with Crippen molar-refractivity contribution in [2.45, 2.75) is 25.6 Å². The first-order valence-electron chi connectivity index (χ1n) is 5.06. The molecule has 1 rings (SSSR count). The van der Waals surface area contributed by atoms with Crippen LogP contribution < -0.4 is 0 Å². The molecule has 0 atom stereocenters. The zero-order chi connectivity index (χ0) is 14.1. The molecule has 0 aliphatic carbocycles. The quantitative estimate of drug-likeness (QED) is 0.617. The van der Waals surface area contributed by atoms with Crippen LogP contribution in [0.15, 0.2) is 18.2 Å². The summed E-state index contributed by atoms with van der Waals surface area (Å²) in [6.07, 6.45) is -4.78. The van der Waals surface area contributed by atoms with Crippen molar-refractivity contribution in [3.05, 3.63) is 35.1 Å². The van der Waals surface area contributed by atoms with E-state index in [4.69, 9.17) is 4.74 Å². The van der Waals surface area contributed by atoms with Crippen LogP contribution in [0.25, 0.3) is 0 Å². The summed E-state index contributed by atoms with van der Waals surface area (Å²) < 4.78 is 55.2. The SMILES string of the molecule is COC(C)(C)C(=O)c1ccc(C(F)(F)F)c(F)c1. The van der Waals surface area contributed by atoms with E-state index in [9.17, 15) is 22.4 Å². The third-order valence-electron chi connectivity index (χ3n) is 2.59. The average Bonchev–Trinajstić information content (AvgIpc) is 2.26. The highest BCUT2D eigenvalue weighted by atomic mass is 19.4. The summed E-state index contributed by atoms with van der Waals surface area (Å²) in [5, 5.41) is 0. The molecule has 100 valence electrons. The van der Waals surface area contributed by atoms with Crippen LogP contribution >= 0.6 is 0 Å². The zero-order valence-corrected chi connectivity index (χ0v) is 10.1. The van der Waals surface area contributed by atoms with Gasteiger partial charge in [0.1, 0.15) is 11.4 Å². The fourth-order valence-electron chi connectivity index (χ4n) is 1.33. The van der Waals surface area contributed by atoms with Gasteiger partial charge in [-0.15, -0.1) is 0 Å². The summed E-state index contributed by atoms with van der Waals surface area (Å²) in [6.45, 7) is 2.90. The molecule has 0 heterocycles. The molecule has 18 heavy (non-hydrogen) atoms. The smallest absolute Gasteiger partial charge is 0.371 e. The summed E-state index contributed by atoms with van der Waals surface area (Å²) in [5.41, 5.74) is -2.77. The van der Waals surface area contributed by atoms with Gasteiger partial charge < -0.3 is 4.74 Å². The highest BCUT2D eigenvalue weighted by Crippen LogP contribution is 2.32. The van der Waals surface area contributed by atoms with Crippen LogP contribution in [-0.4, -0.2) is 18.5 Å². The number of halogens is 4. The summed E-state index contributed by atoms with van der Waals surface area (Å²) in [5.74, 6) is -2.06. The van der Waals surface area contributed by atoms with Crippen LogP contribution in [0.1, 0.15) is 29.8 Å². The standard InChI is InChI=1S/C12H12F4O2/c1-11(2,18-3)10(17)7-4-5-8(9(13)6-7)12(14,15)16/h4-6H,1-3H3. The number of ketones is 1. The zero-order valence-electron chi connectivity index (χ0n) is 10.1. The van der Waals surface area contributed by atoms with Gasteiger partial charge >= 0.3 is 6.18 Å². The molecule has 0 aromatic heterocycles. The van der Waals surface area contributed by atoms with Gasteiger partial charge in [0.2, 0.25) is 0 Å². The van der Waals surface area contributed by atoms with E-state index < -0.39 is 28.9 Å². The second kappa shape index (κ2) is 4.68. The van der Waals surface area contributed by atoms with Gasteiger partial charge in [-0.05, 0) is 26.0 Å². The Kier molecular flexibility index (Phi) is 3.81. The number of hydrogen-bond donors (Lipinski definition) is 0. The van der Waals surface area contributed by atoms with Gasteiger partial charge in [-0.3, -0.25) is 4.79 Å². The molecule has 6 heteroatoms. The molecule has 0 aliphatic rings. The molecule has 0 N–H and O–H groups in total.